The van der Waals surface area contributed by atoms with Gasteiger partial charge in [-0.25, -0.2) is 4.79 Å². The first kappa shape index (κ1) is 15.3. The lowest BCUT2D eigenvalue weighted by molar-refractivity contribution is -0.385. The van der Waals surface area contributed by atoms with Crippen LogP contribution in [-0.2, 0) is 11.3 Å². The summed E-state index contributed by atoms with van der Waals surface area (Å²) in [7, 11) is 0. The van der Waals surface area contributed by atoms with Crippen LogP contribution in [0.5, 0.6) is 11.5 Å². The highest BCUT2D eigenvalue weighted by molar-refractivity contribution is 5.95. The van der Waals surface area contributed by atoms with Gasteiger partial charge in [-0.3, -0.25) is 10.1 Å². The van der Waals surface area contributed by atoms with Gasteiger partial charge in [0.1, 0.15) is 12.2 Å². The van der Waals surface area contributed by atoms with Gasteiger partial charge in [0.05, 0.1) is 22.6 Å². The summed E-state index contributed by atoms with van der Waals surface area (Å²) in [6.45, 7) is -0.241. The SMILES string of the molecule is N#Cc1ccccc1COC(=O)c1cc2c(cc1[N+](=O)[O-])OCO2. The van der Waals surface area contributed by atoms with Gasteiger partial charge in [-0.05, 0) is 6.07 Å². The van der Waals surface area contributed by atoms with E-state index in [1.165, 1.54) is 6.07 Å². The van der Waals surface area contributed by atoms with Crippen LogP contribution in [0.1, 0.15) is 21.5 Å². The third-order valence-corrected chi connectivity index (χ3v) is 3.40. The fraction of sp³-hybridized carbons (Fsp3) is 0.125. The summed E-state index contributed by atoms with van der Waals surface area (Å²) >= 11 is 0. The highest BCUT2D eigenvalue weighted by atomic mass is 16.7. The fourth-order valence-electron chi connectivity index (χ4n) is 2.22. The zero-order valence-electron chi connectivity index (χ0n) is 12.2. The van der Waals surface area contributed by atoms with Crippen LogP contribution < -0.4 is 9.47 Å². The minimum Gasteiger partial charge on any atom is -0.457 e. The third-order valence-electron chi connectivity index (χ3n) is 3.40. The second kappa shape index (κ2) is 6.26. The Bertz CT molecular complexity index is 871. The summed E-state index contributed by atoms with van der Waals surface area (Å²) in [6, 6.07) is 11.0. The number of esters is 1. The summed E-state index contributed by atoms with van der Waals surface area (Å²) in [5, 5.41) is 20.2. The first-order chi connectivity index (χ1) is 11.6. The second-order valence-electron chi connectivity index (χ2n) is 4.82. The van der Waals surface area contributed by atoms with Crippen molar-refractivity contribution in [2.24, 2.45) is 0 Å². The molecule has 0 bridgehead atoms. The molecule has 2 aromatic carbocycles. The summed E-state index contributed by atoms with van der Waals surface area (Å²) in [5.74, 6) is -0.439. The Morgan fingerprint density at radius 1 is 1.29 bits per heavy atom. The van der Waals surface area contributed by atoms with Crippen LogP contribution in [0.3, 0.4) is 0 Å². The molecule has 0 radical (unpaired) electrons. The molecule has 1 aliphatic rings. The normalized spacial score (nSPS) is 11.6. The number of hydrogen-bond donors (Lipinski definition) is 0. The van der Waals surface area contributed by atoms with E-state index in [9.17, 15) is 14.9 Å². The van der Waals surface area contributed by atoms with Gasteiger partial charge >= 0.3 is 5.97 Å². The lowest BCUT2D eigenvalue weighted by Crippen LogP contribution is -2.09. The predicted octanol–water partition coefficient (Wildman–Crippen LogP) is 2.55. The highest BCUT2D eigenvalue weighted by Gasteiger charge is 2.28. The van der Waals surface area contributed by atoms with Crippen molar-refractivity contribution in [3.05, 3.63) is 63.2 Å². The van der Waals surface area contributed by atoms with Gasteiger partial charge in [0.15, 0.2) is 11.5 Å². The van der Waals surface area contributed by atoms with Crippen LogP contribution in [0, 0.1) is 21.4 Å². The molecule has 0 saturated carbocycles. The van der Waals surface area contributed by atoms with Gasteiger partial charge in [0.25, 0.3) is 5.69 Å². The molecular weight excluding hydrogens is 316 g/mol. The Kier molecular flexibility index (Phi) is 3.99. The number of carbonyl (C=O) groups excluding carboxylic acids is 1. The lowest BCUT2D eigenvalue weighted by atomic mass is 10.1. The van der Waals surface area contributed by atoms with E-state index >= 15 is 0 Å². The summed E-state index contributed by atoms with van der Waals surface area (Å²) in [5.41, 5.74) is 0.207. The predicted molar refractivity (Wildman–Crippen MR) is 79.5 cm³/mol. The summed E-state index contributed by atoms with van der Waals surface area (Å²) in [6.07, 6.45) is 0. The van der Waals surface area contributed by atoms with E-state index in [4.69, 9.17) is 19.5 Å². The average molecular weight is 326 g/mol. The lowest BCUT2D eigenvalue weighted by Gasteiger charge is -2.07. The van der Waals surface area contributed by atoms with Gasteiger partial charge in [-0.1, -0.05) is 18.2 Å². The number of nitro groups is 1. The van der Waals surface area contributed by atoms with Gasteiger partial charge in [0.2, 0.25) is 6.79 Å². The van der Waals surface area contributed by atoms with Gasteiger partial charge in [0, 0.05) is 11.6 Å². The maximum atomic E-state index is 12.2. The van der Waals surface area contributed by atoms with Crippen molar-refractivity contribution >= 4 is 11.7 Å². The molecule has 8 heteroatoms. The zero-order valence-corrected chi connectivity index (χ0v) is 12.2. The van der Waals surface area contributed by atoms with Crippen molar-refractivity contribution in [2.75, 3.05) is 6.79 Å². The summed E-state index contributed by atoms with van der Waals surface area (Å²) in [4.78, 5) is 22.7. The van der Waals surface area contributed by atoms with Crippen molar-refractivity contribution in [3.8, 4) is 17.6 Å². The molecule has 24 heavy (non-hydrogen) atoms. The molecule has 8 nitrogen and oxygen atoms in total. The van der Waals surface area contributed by atoms with Crippen LogP contribution in [0.4, 0.5) is 5.69 Å². The number of ether oxygens (including phenoxy) is 3. The maximum Gasteiger partial charge on any atom is 0.345 e. The van der Waals surface area contributed by atoms with Crippen molar-refractivity contribution < 1.29 is 23.9 Å². The third kappa shape index (κ3) is 2.83. The molecule has 0 aromatic heterocycles. The monoisotopic (exact) mass is 326 g/mol. The van der Waals surface area contributed by atoms with Crippen LogP contribution >= 0.6 is 0 Å². The van der Waals surface area contributed by atoms with E-state index < -0.39 is 16.6 Å². The number of nitriles is 1. The van der Waals surface area contributed by atoms with Crippen LogP contribution in [0.2, 0.25) is 0 Å². The minimum absolute atomic E-state index is 0.0689. The van der Waals surface area contributed by atoms with Crippen molar-refractivity contribution in [3.63, 3.8) is 0 Å². The molecule has 1 heterocycles. The molecule has 0 spiro atoms. The van der Waals surface area contributed by atoms with E-state index in [2.05, 4.69) is 0 Å². The van der Waals surface area contributed by atoms with Crippen molar-refractivity contribution in [1.29, 1.82) is 5.26 Å². The largest absolute Gasteiger partial charge is 0.457 e. The molecule has 0 atom stereocenters. The smallest absolute Gasteiger partial charge is 0.345 e. The maximum absolute atomic E-state index is 12.2. The molecular formula is C16H10N2O6. The molecule has 120 valence electrons. The van der Waals surface area contributed by atoms with Crippen LogP contribution in [0.15, 0.2) is 36.4 Å². The number of fused-ring (bicyclic) bond motifs is 1. The molecule has 0 fully saturated rings. The zero-order chi connectivity index (χ0) is 17.1. The molecule has 0 saturated heterocycles. The molecule has 0 unspecified atom stereocenters. The molecule has 0 N–H and O–H groups in total. The summed E-state index contributed by atoms with van der Waals surface area (Å²) < 4.78 is 15.3. The van der Waals surface area contributed by atoms with Crippen LogP contribution in [0.25, 0.3) is 0 Å². The molecule has 3 rings (SSSR count). The highest BCUT2D eigenvalue weighted by Crippen LogP contribution is 2.38. The average Bonchev–Trinajstić information content (AvgIpc) is 3.06. The number of benzene rings is 2. The Morgan fingerprint density at radius 3 is 2.71 bits per heavy atom. The Labute approximate surface area is 135 Å². The molecule has 2 aromatic rings. The quantitative estimate of drug-likeness (QED) is 0.482. The van der Waals surface area contributed by atoms with E-state index in [1.54, 1.807) is 24.3 Å². The number of nitrogens with zero attached hydrogens (tertiary/aromatic N) is 2. The number of hydrogen-bond acceptors (Lipinski definition) is 7. The van der Waals surface area contributed by atoms with E-state index in [0.717, 1.165) is 6.07 Å². The Balaban J connectivity index is 1.85. The molecule has 0 amide bonds. The Hall–Kier alpha value is -3.60. The first-order valence-electron chi connectivity index (χ1n) is 6.83. The van der Waals surface area contributed by atoms with Gasteiger partial charge in [-0.15, -0.1) is 0 Å². The first-order valence-corrected chi connectivity index (χ1v) is 6.83. The Morgan fingerprint density at radius 2 is 2.00 bits per heavy atom. The van der Waals surface area contributed by atoms with Crippen LogP contribution in [-0.4, -0.2) is 17.7 Å². The van der Waals surface area contributed by atoms with E-state index in [1.807, 2.05) is 6.07 Å². The van der Waals surface area contributed by atoms with Crippen molar-refractivity contribution in [2.45, 2.75) is 6.61 Å². The number of nitro benzene ring substituents is 1. The van der Waals surface area contributed by atoms with Crippen molar-refractivity contribution in [1.82, 2.24) is 0 Å². The van der Waals surface area contributed by atoms with E-state index in [-0.39, 0.29) is 30.5 Å². The van der Waals surface area contributed by atoms with E-state index in [0.29, 0.717) is 11.1 Å². The number of rotatable bonds is 4. The fourth-order valence-corrected chi connectivity index (χ4v) is 2.22. The molecule has 1 aliphatic heterocycles. The topological polar surface area (TPSA) is 112 Å². The van der Waals surface area contributed by atoms with Gasteiger partial charge < -0.3 is 14.2 Å². The number of carbonyl (C=O) groups is 1. The van der Waals surface area contributed by atoms with Gasteiger partial charge in [-0.2, -0.15) is 5.26 Å². The minimum atomic E-state index is -0.882. The standard InChI is InChI=1S/C16H10N2O6/c17-7-10-3-1-2-4-11(10)8-22-16(19)12-5-14-15(24-9-23-14)6-13(12)18(20)21/h1-6H,8-9H2. The second-order valence-corrected chi connectivity index (χ2v) is 4.82. The molecule has 0 aliphatic carbocycles.